The van der Waals surface area contributed by atoms with E-state index in [1.807, 2.05) is 27.2 Å². The number of nitrogens with zero attached hydrogens (tertiary/aromatic N) is 1. The molecule has 5 nitrogen and oxygen atoms in total. The van der Waals surface area contributed by atoms with Crippen molar-refractivity contribution in [2.45, 2.75) is 0 Å². The van der Waals surface area contributed by atoms with Gasteiger partial charge in [0.1, 0.15) is 27.2 Å². The topological polar surface area (TPSA) is 72.6 Å². The molecule has 0 rings (SSSR count). The maximum absolute atomic E-state index is 8.00. The molecular weight excluding hydrogens is 206 g/mol. The van der Waals surface area contributed by atoms with Gasteiger partial charge in [0.2, 0.25) is 7.05 Å². The molecule has 0 fully saturated rings. The quantitative estimate of drug-likeness (QED) is 0.415. The van der Waals surface area contributed by atoms with Gasteiger partial charge in [-0.25, -0.2) is 6.57 Å². The fourth-order valence-corrected chi connectivity index (χ4v) is 0. The zero-order valence-corrected chi connectivity index (χ0v) is 7.87. The maximum atomic E-state index is 8.00. The Hall–Kier alpha value is -1.31. The summed E-state index contributed by atoms with van der Waals surface area (Å²) in [5, 5.41) is 0. The van der Waals surface area contributed by atoms with Gasteiger partial charge in [0.25, 0.3) is 0 Å². The Morgan fingerprint density at radius 3 is 0.833 bits per heavy atom. The first-order valence-corrected chi connectivity index (χ1v) is 1.83. The first-order chi connectivity index (χ1) is 5.41. The molecule has 0 aromatic rings. The van der Waals surface area contributed by atoms with Gasteiger partial charge >= 0.3 is 0 Å². The zero-order chi connectivity index (χ0) is 10.7. The van der Waals surface area contributed by atoms with E-state index in [-0.39, 0.29) is 17.1 Å². The molecule has 0 saturated heterocycles. The average Bonchev–Trinajstić information content (AvgIpc) is 2.18. The molecule has 0 unspecified atom stereocenters. The van der Waals surface area contributed by atoms with E-state index in [1.54, 1.807) is 0 Å². The second kappa shape index (κ2) is 7590. The zero-order valence-electron chi connectivity index (χ0n) is 6.76. The van der Waals surface area contributed by atoms with E-state index in [4.69, 9.17) is 25.8 Å². The fraction of sp³-hybridized carbons (Fsp3) is 0.167. The number of rotatable bonds is 0. The number of carbonyl (C=O) groups excluding carboxylic acids is 4. The van der Waals surface area contributed by atoms with Crippen molar-refractivity contribution in [3.63, 3.8) is 0 Å². The molecule has 0 aromatic heterocycles. The largest absolute Gasteiger partial charge is 0.320 e. The summed E-state index contributed by atoms with van der Waals surface area (Å²) in [5.41, 5.74) is 0. The summed E-state index contributed by atoms with van der Waals surface area (Å²) in [6.07, 6.45) is 0. The predicted octanol–water partition coefficient (Wildman–Crippen LogP) is -0.207. The van der Waals surface area contributed by atoms with Crippen LogP contribution < -0.4 is 0 Å². The molecule has 0 bridgehead atoms. The van der Waals surface area contributed by atoms with E-state index in [1.165, 1.54) is 7.05 Å². The standard InChI is InChI=1S/C2H3N.4CH2O.Fe/c1-3-2;4*1-2;/h1H3;4*1H2;. The van der Waals surface area contributed by atoms with Gasteiger partial charge in [0, 0.05) is 17.1 Å². The van der Waals surface area contributed by atoms with Crippen LogP contribution in [0.2, 0.25) is 0 Å². The third-order valence-electron chi connectivity index (χ3n) is 0. The Balaban J connectivity index is -0.00000000933. The number of hydrogen-bond acceptors (Lipinski definition) is 4. The minimum Gasteiger partial charge on any atom is -0.320 e. The first-order valence-electron chi connectivity index (χ1n) is 1.83. The van der Waals surface area contributed by atoms with Crippen LogP contribution >= 0.6 is 0 Å². The fourth-order valence-electron chi connectivity index (χ4n) is 0. The minimum absolute atomic E-state index is 0. The number of carbonyl (C=O) groups is 4. The van der Waals surface area contributed by atoms with Crippen LogP contribution in [0.1, 0.15) is 0 Å². The normalized spacial score (nSPS) is 2.00. The van der Waals surface area contributed by atoms with E-state index < -0.39 is 0 Å². The molecular formula is C6H11FeNO4. The third kappa shape index (κ3) is 299. The van der Waals surface area contributed by atoms with Crippen molar-refractivity contribution in [3.8, 4) is 0 Å². The van der Waals surface area contributed by atoms with Crippen LogP contribution in [0.15, 0.2) is 0 Å². The van der Waals surface area contributed by atoms with Gasteiger partial charge in [-0.3, -0.25) is 0 Å². The molecule has 0 aromatic carbocycles. The maximum Gasteiger partial charge on any atom is 0.205 e. The van der Waals surface area contributed by atoms with Crippen LogP contribution in [0.5, 0.6) is 0 Å². The Bertz CT molecular complexity index is 68.4. The molecule has 0 amide bonds. The molecule has 0 atom stereocenters. The van der Waals surface area contributed by atoms with Crippen LogP contribution in [0.25, 0.3) is 4.85 Å². The summed E-state index contributed by atoms with van der Waals surface area (Å²) < 4.78 is 0. The van der Waals surface area contributed by atoms with Gasteiger partial charge in [-0.2, -0.15) is 0 Å². The van der Waals surface area contributed by atoms with E-state index in [9.17, 15) is 0 Å². The summed E-state index contributed by atoms with van der Waals surface area (Å²) in [5.74, 6) is 0. The third-order valence-corrected chi connectivity index (χ3v) is 0. The molecule has 0 aliphatic carbocycles. The summed E-state index contributed by atoms with van der Waals surface area (Å²) >= 11 is 0. The van der Waals surface area contributed by atoms with Gasteiger partial charge in [-0.15, -0.1) is 0 Å². The van der Waals surface area contributed by atoms with Crippen LogP contribution in [-0.4, -0.2) is 34.2 Å². The second-order valence-corrected chi connectivity index (χ2v) is 0.224. The number of hydrogen-bond donors (Lipinski definition) is 0. The van der Waals surface area contributed by atoms with Gasteiger partial charge in [0.05, 0.1) is 0 Å². The molecule has 0 radical (unpaired) electrons. The molecule has 0 aliphatic rings. The second-order valence-electron chi connectivity index (χ2n) is 0.224. The Kier molecular flexibility index (Phi) is 28900. The Morgan fingerprint density at radius 2 is 0.833 bits per heavy atom. The average molecular weight is 217 g/mol. The molecule has 6 heteroatoms. The monoisotopic (exact) mass is 217 g/mol. The van der Waals surface area contributed by atoms with Crippen LogP contribution in [0, 0.1) is 6.57 Å². The first kappa shape index (κ1) is 45.6. The van der Waals surface area contributed by atoms with Crippen LogP contribution in [-0.2, 0) is 36.2 Å². The molecule has 12 heavy (non-hydrogen) atoms. The molecule has 0 spiro atoms. The molecule has 0 N–H and O–H groups in total. The van der Waals surface area contributed by atoms with Crippen molar-refractivity contribution >= 4 is 27.2 Å². The smallest absolute Gasteiger partial charge is 0.205 e. The summed E-state index contributed by atoms with van der Waals surface area (Å²) in [6.45, 7) is 13.8. The van der Waals surface area contributed by atoms with Gasteiger partial charge < -0.3 is 24.0 Å². The van der Waals surface area contributed by atoms with Gasteiger partial charge in [0.15, 0.2) is 0 Å². The van der Waals surface area contributed by atoms with Crippen molar-refractivity contribution < 1.29 is 36.2 Å². The molecule has 0 heterocycles. The molecule has 0 aliphatic heterocycles. The Labute approximate surface area is 82.4 Å². The van der Waals surface area contributed by atoms with Crippen LogP contribution in [0.4, 0.5) is 0 Å². The van der Waals surface area contributed by atoms with Crippen molar-refractivity contribution in [2.24, 2.45) is 0 Å². The minimum atomic E-state index is 0. The van der Waals surface area contributed by atoms with E-state index in [0.29, 0.717) is 0 Å². The van der Waals surface area contributed by atoms with Crippen molar-refractivity contribution in [1.82, 2.24) is 0 Å². The van der Waals surface area contributed by atoms with Crippen LogP contribution in [0.3, 0.4) is 0 Å². The van der Waals surface area contributed by atoms with Gasteiger partial charge in [-0.1, -0.05) is 0 Å². The van der Waals surface area contributed by atoms with Gasteiger partial charge in [-0.05, 0) is 0 Å². The SMILES string of the molecule is C=O.C=O.C=O.C=O.[C-]#[N+]C.[Fe]. The van der Waals surface area contributed by atoms with E-state index in [2.05, 4.69) is 4.85 Å². The molecule has 72 valence electrons. The summed E-state index contributed by atoms with van der Waals surface area (Å²) in [7, 11) is 1.42. The van der Waals surface area contributed by atoms with Crippen molar-refractivity contribution in [3.05, 3.63) is 11.4 Å². The van der Waals surface area contributed by atoms with E-state index >= 15 is 0 Å². The Morgan fingerprint density at radius 1 is 0.833 bits per heavy atom. The molecule has 0 saturated carbocycles. The predicted molar refractivity (Wildman–Crippen MR) is 41.0 cm³/mol. The summed E-state index contributed by atoms with van der Waals surface area (Å²) in [6, 6.07) is 0. The van der Waals surface area contributed by atoms with Crippen molar-refractivity contribution in [1.29, 1.82) is 0 Å². The van der Waals surface area contributed by atoms with Crippen molar-refractivity contribution in [2.75, 3.05) is 7.05 Å². The summed E-state index contributed by atoms with van der Waals surface area (Å²) in [4.78, 5) is 34.8. The van der Waals surface area contributed by atoms with E-state index in [0.717, 1.165) is 0 Å².